The summed E-state index contributed by atoms with van der Waals surface area (Å²) < 4.78 is 30.7. The predicted molar refractivity (Wildman–Crippen MR) is 136 cm³/mol. The fraction of sp³-hybridized carbons (Fsp3) is 0.318. The second kappa shape index (κ2) is 12.3. The highest BCUT2D eigenvalue weighted by Gasteiger charge is 2.28. The number of benzene rings is 2. The van der Waals surface area contributed by atoms with Crippen molar-refractivity contribution < 1.29 is 32.5 Å². The highest BCUT2D eigenvalue weighted by Crippen LogP contribution is 2.27. The lowest BCUT2D eigenvalue weighted by Crippen LogP contribution is -2.46. The molecule has 1 atom stereocenters. The lowest BCUT2D eigenvalue weighted by atomic mass is 10.0. The second-order valence-corrected chi connectivity index (χ2v) is 11.2. The number of nitrogens with one attached hydrogen (secondary N) is 2. The monoisotopic (exact) mass is 574 g/mol. The number of nitrogens with zero attached hydrogens (tertiary/aromatic N) is 2. The van der Waals surface area contributed by atoms with Crippen molar-refractivity contribution in [3.05, 3.63) is 62.1 Å². The van der Waals surface area contributed by atoms with E-state index in [9.17, 15) is 32.9 Å². The Bertz CT molecular complexity index is 1330. The van der Waals surface area contributed by atoms with Crippen molar-refractivity contribution in [3.63, 3.8) is 0 Å². The molecule has 0 spiro atoms. The van der Waals surface area contributed by atoms with E-state index in [-0.39, 0.29) is 26.2 Å². The van der Waals surface area contributed by atoms with Crippen LogP contribution in [-0.4, -0.2) is 62.2 Å². The van der Waals surface area contributed by atoms with Crippen LogP contribution in [0.4, 0.5) is 11.4 Å². The van der Waals surface area contributed by atoms with Crippen molar-refractivity contribution in [2.24, 2.45) is 5.92 Å². The molecule has 0 bridgehead atoms. The number of carbonyl (C=O) groups is 3. The van der Waals surface area contributed by atoms with Gasteiger partial charge in [-0.15, -0.1) is 0 Å². The first-order chi connectivity index (χ1) is 17.1. The molecule has 0 aliphatic heterocycles. The Balaban J connectivity index is 2.08. The van der Waals surface area contributed by atoms with Crippen molar-refractivity contribution in [2.45, 2.75) is 24.8 Å². The van der Waals surface area contributed by atoms with Gasteiger partial charge in [0.2, 0.25) is 10.0 Å². The molecule has 0 heterocycles. The van der Waals surface area contributed by atoms with E-state index in [1.54, 1.807) is 13.8 Å². The molecule has 2 aromatic carbocycles. The Labute approximate surface area is 223 Å². The van der Waals surface area contributed by atoms with Gasteiger partial charge in [-0.2, -0.15) is 0 Å². The average Bonchev–Trinajstić information content (AvgIpc) is 2.81. The number of rotatable bonds is 10. The van der Waals surface area contributed by atoms with E-state index >= 15 is 0 Å². The zero-order valence-electron chi connectivity index (χ0n) is 20.2. The van der Waals surface area contributed by atoms with Crippen LogP contribution in [0.3, 0.4) is 0 Å². The fourth-order valence-electron chi connectivity index (χ4n) is 2.90. The largest absolute Gasteiger partial charge is 0.454 e. The zero-order chi connectivity index (χ0) is 28.1. The Morgan fingerprint density at radius 2 is 1.70 bits per heavy atom. The van der Waals surface area contributed by atoms with Crippen LogP contribution in [0, 0.1) is 16.0 Å². The molecule has 2 rings (SSSR count). The molecule has 0 radical (unpaired) electrons. The number of nitro benzene ring substituents is 1. The van der Waals surface area contributed by atoms with Crippen LogP contribution in [0.5, 0.6) is 0 Å². The van der Waals surface area contributed by atoms with Gasteiger partial charge in [0.1, 0.15) is 11.1 Å². The van der Waals surface area contributed by atoms with Gasteiger partial charge in [-0.3, -0.25) is 19.7 Å². The molecule has 0 aliphatic rings. The Morgan fingerprint density at radius 1 is 1.08 bits per heavy atom. The normalized spacial score (nSPS) is 12.2. The highest BCUT2D eigenvalue weighted by atomic mass is 35.5. The van der Waals surface area contributed by atoms with Crippen molar-refractivity contribution in [2.75, 3.05) is 26.0 Å². The summed E-state index contributed by atoms with van der Waals surface area (Å²) in [6.45, 7) is 2.48. The summed E-state index contributed by atoms with van der Waals surface area (Å²) in [6, 6.07) is 5.97. The molecule has 200 valence electrons. The minimum Gasteiger partial charge on any atom is -0.454 e. The van der Waals surface area contributed by atoms with E-state index in [1.807, 2.05) is 0 Å². The van der Waals surface area contributed by atoms with E-state index in [0.29, 0.717) is 0 Å². The third-order valence-corrected chi connectivity index (χ3v) is 7.41. The molecule has 0 saturated carbocycles. The number of anilines is 1. The summed E-state index contributed by atoms with van der Waals surface area (Å²) in [5.41, 5.74) is -0.589. The molecule has 0 aromatic heterocycles. The van der Waals surface area contributed by atoms with Gasteiger partial charge < -0.3 is 15.4 Å². The summed E-state index contributed by atoms with van der Waals surface area (Å²) in [5.74, 6) is -3.00. The zero-order valence-corrected chi connectivity index (χ0v) is 22.5. The molecular formula is C22H24Cl2N4O8S. The van der Waals surface area contributed by atoms with E-state index in [0.717, 1.165) is 10.4 Å². The minimum absolute atomic E-state index is 0.0105. The number of ether oxygens (including phenoxy) is 1. The molecule has 2 amide bonds. The molecule has 12 nitrogen and oxygen atoms in total. The van der Waals surface area contributed by atoms with Crippen molar-refractivity contribution in [1.82, 2.24) is 9.62 Å². The van der Waals surface area contributed by atoms with Gasteiger partial charge in [-0.1, -0.05) is 37.0 Å². The van der Waals surface area contributed by atoms with Crippen LogP contribution in [0.15, 0.2) is 41.3 Å². The van der Waals surface area contributed by atoms with Crippen LogP contribution in [0.25, 0.3) is 0 Å². The number of halogens is 2. The van der Waals surface area contributed by atoms with Gasteiger partial charge in [0.05, 0.1) is 20.5 Å². The van der Waals surface area contributed by atoms with Gasteiger partial charge in [0.25, 0.3) is 17.5 Å². The summed E-state index contributed by atoms with van der Waals surface area (Å²) in [4.78, 5) is 47.8. The van der Waals surface area contributed by atoms with E-state index in [4.69, 9.17) is 27.9 Å². The van der Waals surface area contributed by atoms with Crippen LogP contribution in [0.1, 0.15) is 24.2 Å². The van der Waals surface area contributed by atoms with E-state index in [1.165, 1.54) is 44.4 Å². The molecule has 37 heavy (non-hydrogen) atoms. The second-order valence-electron chi connectivity index (χ2n) is 8.20. The van der Waals surface area contributed by atoms with Gasteiger partial charge >= 0.3 is 5.97 Å². The van der Waals surface area contributed by atoms with Crippen LogP contribution >= 0.6 is 23.2 Å². The molecule has 2 N–H and O–H groups in total. The van der Waals surface area contributed by atoms with Gasteiger partial charge in [-0.05, 0) is 36.2 Å². The number of carbonyl (C=O) groups excluding carboxylic acids is 3. The number of hydrogen-bond donors (Lipinski definition) is 2. The third-order valence-electron chi connectivity index (χ3n) is 4.95. The Kier molecular flexibility index (Phi) is 9.98. The Morgan fingerprint density at radius 3 is 2.27 bits per heavy atom. The van der Waals surface area contributed by atoms with Crippen LogP contribution in [0.2, 0.25) is 10.0 Å². The predicted octanol–water partition coefficient (Wildman–Crippen LogP) is 3.09. The number of amides is 2. The summed E-state index contributed by atoms with van der Waals surface area (Å²) >= 11 is 11.8. The maximum Gasteiger partial charge on any atom is 0.329 e. The molecule has 15 heteroatoms. The molecule has 0 saturated heterocycles. The number of sulfonamides is 1. The fourth-order valence-corrected chi connectivity index (χ4v) is 4.18. The van der Waals surface area contributed by atoms with Crippen LogP contribution in [-0.2, 0) is 24.3 Å². The topological polar surface area (TPSA) is 165 Å². The first-order valence-corrected chi connectivity index (χ1v) is 12.8. The van der Waals surface area contributed by atoms with Crippen molar-refractivity contribution >= 4 is 62.4 Å². The average molecular weight is 575 g/mol. The molecule has 0 aliphatic carbocycles. The van der Waals surface area contributed by atoms with Crippen molar-refractivity contribution in [3.8, 4) is 0 Å². The van der Waals surface area contributed by atoms with Gasteiger partial charge in [-0.25, -0.2) is 17.5 Å². The summed E-state index contributed by atoms with van der Waals surface area (Å²) in [6.07, 6.45) is 0. The van der Waals surface area contributed by atoms with Crippen LogP contribution < -0.4 is 10.6 Å². The lowest BCUT2D eigenvalue weighted by molar-refractivity contribution is -0.384. The molecule has 0 unspecified atom stereocenters. The smallest absolute Gasteiger partial charge is 0.329 e. The highest BCUT2D eigenvalue weighted by molar-refractivity contribution is 7.89. The third kappa shape index (κ3) is 7.61. The molecule has 2 aromatic rings. The van der Waals surface area contributed by atoms with E-state index < -0.39 is 57.0 Å². The van der Waals surface area contributed by atoms with E-state index in [2.05, 4.69) is 10.6 Å². The lowest BCUT2D eigenvalue weighted by Gasteiger charge is -2.21. The Hall–Kier alpha value is -3.26. The summed E-state index contributed by atoms with van der Waals surface area (Å²) in [7, 11) is -1.10. The molecular weight excluding hydrogens is 551 g/mol. The number of esters is 1. The standard InChI is InChI=1S/C22H24Cl2N4O8S/c1-12(2)20(26-21(30)13-5-7-16(24)18(9-13)28(32)33)22(31)36-11-19(29)25-17-10-14(6-8-15(17)23)37(34,35)27(3)4/h5-10,12,20H,11H2,1-4H3,(H,25,29)(H,26,30)/t20-/m0/s1. The first kappa shape index (κ1) is 30.0. The minimum atomic E-state index is -3.79. The summed E-state index contributed by atoms with van der Waals surface area (Å²) in [5, 5.41) is 15.8. The first-order valence-electron chi connectivity index (χ1n) is 10.6. The maximum absolute atomic E-state index is 12.6. The number of nitro groups is 1. The maximum atomic E-state index is 12.6. The SMILES string of the molecule is CC(C)[C@H](NC(=O)c1ccc(Cl)c([N+](=O)[O-])c1)C(=O)OCC(=O)Nc1cc(S(=O)(=O)N(C)C)ccc1Cl. The quantitative estimate of drug-likeness (QED) is 0.248. The van der Waals surface area contributed by atoms with Gasteiger partial charge in [0, 0.05) is 25.7 Å². The van der Waals surface area contributed by atoms with Gasteiger partial charge in [0.15, 0.2) is 6.61 Å². The van der Waals surface area contributed by atoms with Crippen molar-refractivity contribution in [1.29, 1.82) is 0 Å². The number of hydrogen-bond acceptors (Lipinski definition) is 8. The molecule has 0 fully saturated rings.